The van der Waals surface area contributed by atoms with Crippen LogP contribution in [0.4, 0.5) is 5.69 Å². The van der Waals surface area contributed by atoms with Crippen molar-refractivity contribution in [2.75, 3.05) is 18.0 Å². The van der Waals surface area contributed by atoms with Crippen molar-refractivity contribution in [3.63, 3.8) is 0 Å². The molecule has 1 aromatic carbocycles. The fourth-order valence-corrected chi connectivity index (χ4v) is 1.90. The highest BCUT2D eigenvalue weighted by Crippen LogP contribution is 2.20. The highest BCUT2D eigenvalue weighted by Gasteiger charge is 2.13. The molecule has 1 aromatic rings. The number of rotatable bonds is 4. The number of nitrogens with zero attached hydrogens (tertiary/aromatic N) is 1. The molecule has 0 saturated heterocycles. The Kier molecular flexibility index (Phi) is 4.89. The second-order valence-corrected chi connectivity index (χ2v) is 4.44. The molecule has 0 aliphatic rings. The van der Waals surface area contributed by atoms with E-state index in [4.69, 9.17) is 0 Å². The molecule has 0 unspecified atom stereocenters. The van der Waals surface area contributed by atoms with E-state index >= 15 is 0 Å². The Balaban J connectivity index is 2.84. The lowest BCUT2D eigenvalue weighted by Gasteiger charge is -2.23. The van der Waals surface area contributed by atoms with Gasteiger partial charge in [0.25, 0.3) is 0 Å². The number of benzene rings is 1. The Labute approximate surface area is 108 Å². The summed E-state index contributed by atoms with van der Waals surface area (Å²) in [4.78, 5) is 24.2. The Hall–Kier alpha value is -1.84. The predicted octanol–water partition coefficient (Wildman–Crippen LogP) is 1.79. The summed E-state index contributed by atoms with van der Waals surface area (Å²) in [6.45, 7) is 7.95. The molecule has 0 radical (unpaired) electrons. The van der Waals surface area contributed by atoms with E-state index in [-0.39, 0.29) is 11.8 Å². The minimum absolute atomic E-state index is 0.0210. The number of nitrogens with one attached hydrogen (secondary N) is 1. The number of aryl methyl sites for hydroxylation is 2. The first kappa shape index (κ1) is 14.2. The average molecular weight is 248 g/mol. The molecule has 0 fully saturated rings. The molecule has 1 rings (SSSR count). The average Bonchev–Trinajstić information content (AvgIpc) is 2.25. The Morgan fingerprint density at radius 1 is 1.22 bits per heavy atom. The molecule has 2 amide bonds. The molecule has 98 valence electrons. The van der Waals surface area contributed by atoms with Crippen molar-refractivity contribution in [3.8, 4) is 0 Å². The normalized spacial score (nSPS) is 10.0. The van der Waals surface area contributed by atoms with Gasteiger partial charge < -0.3 is 10.2 Å². The third kappa shape index (κ3) is 3.87. The molecule has 4 heteroatoms. The Morgan fingerprint density at radius 3 is 2.39 bits per heavy atom. The summed E-state index contributed by atoms with van der Waals surface area (Å²) in [6, 6.07) is 5.97. The van der Waals surface area contributed by atoms with Gasteiger partial charge in [-0.2, -0.15) is 0 Å². The van der Waals surface area contributed by atoms with E-state index in [0.717, 1.165) is 11.3 Å². The predicted molar refractivity (Wildman–Crippen MR) is 72.6 cm³/mol. The summed E-state index contributed by atoms with van der Waals surface area (Å²) in [5.74, 6) is -0.105. The lowest BCUT2D eigenvalue weighted by Crippen LogP contribution is -2.37. The maximum atomic E-state index is 11.7. The van der Waals surface area contributed by atoms with Crippen molar-refractivity contribution in [1.82, 2.24) is 5.32 Å². The van der Waals surface area contributed by atoms with Crippen LogP contribution in [0.5, 0.6) is 0 Å². The smallest absolute Gasteiger partial charge is 0.223 e. The number of carbonyl (C=O) groups is 2. The van der Waals surface area contributed by atoms with Gasteiger partial charge in [0.05, 0.1) is 0 Å². The molecular formula is C14H20N2O2. The van der Waals surface area contributed by atoms with Crippen LogP contribution in [0.1, 0.15) is 25.0 Å². The largest absolute Gasteiger partial charge is 0.355 e. The zero-order chi connectivity index (χ0) is 13.7. The lowest BCUT2D eigenvalue weighted by molar-refractivity contribution is -0.119. The highest BCUT2D eigenvalue weighted by atomic mass is 16.2. The molecular weight excluding hydrogens is 228 g/mol. The van der Waals surface area contributed by atoms with Gasteiger partial charge in [-0.15, -0.1) is 0 Å². The first-order chi connectivity index (χ1) is 8.41. The Bertz CT molecular complexity index is 455. The molecule has 1 N–H and O–H groups in total. The van der Waals surface area contributed by atoms with Gasteiger partial charge in [0.1, 0.15) is 0 Å². The maximum Gasteiger partial charge on any atom is 0.223 e. The molecule has 0 aliphatic heterocycles. The van der Waals surface area contributed by atoms with Crippen LogP contribution in [0, 0.1) is 13.8 Å². The molecule has 0 spiro atoms. The first-order valence-corrected chi connectivity index (χ1v) is 6.01. The molecule has 0 aliphatic carbocycles. The van der Waals surface area contributed by atoms with Crippen molar-refractivity contribution in [3.05, 3.63) is 29.3 Å². The number of amides is 2. The summed E-state index contributed by atoms with van der Waals surface area (Å²) in [7, 11) is 0. The standard InChI is InChI=1S/C14H20N2O2/c1-10-5-6-14(11(2)9-10)16(13(4)18)8-7-15-12(3)17/h5-6,9H,7-8H2,1-4H3,(H,15,17). The fourth-order valence-electron chi connectivity index (χ4n) is 1.90. The van der Waals surface area contributed by atoms with E-state index in [1.807, 2.05) is 32.0 Å². The molecule has 18 heavy (non-hydrogen) atoms. The van der Waals surface area contributed by atoms with Crippen LogP contribution in [-0.4, -0.2) is 24.9 Å². The van der Waals surface area contributed by atoms with Gasteiger partial charge in [0, 0.05) is 32.6 Å². The van der Waals surface area contributed by atoms with Crippen LogP contribution in [0.15, 0.2) is 18.2 Å². The topological polar surface area (TPSA) is 49.4 Å². The van der Waals surface area contributed by atoms with Crippen LogP contribution in [0.25, 0.3) is 0 Å². The van der Waals surface area contributed by atoms with Gasteiger partial charge in [0.2, 0.25) is 11.8 Å². The van der Waals surface area contributed by atoms with Gasteiger partial charge in [-0.1, -0.05) is 17.7 Å². The van der Waals surface area contributed by atoms with E-state index in [2.05, 4.69) is 5.32 Å². The third-order valence-electron chi connectivity index (χ3n) is 2.73. The molecule has 4 nitrogen and oxygen atoms in total. The van der Waals surface area contributed by atoms with Crippen molar-refractivity contribution >= 4 is 17.5 Å². The van der Waals surface area contributed by atoms with E-state index < -0.39 is 0 Å². The van der Waals surface area contributed by atoms with Crippen molar-refractivity contribution in [1.29, 1.82) is 0 Å². The van der Waals surface area contributed by atoms with E-state index in [9.17, 15) is 9.59 Å². The van der Waals surface area contributed by atoms with E-state index in [1.54, 1.807) is 4.90 Å². The number of hydrogen-bond acceptors (Lipinski definition) is 2. The van der Waals surface area contributed by atoms with Gasteiger partial charge in [-0.3, -0.25) is 9.59 Å². The maximum absolute atomic E-state index is 11.7. The van der Waals surface area contributed by atoms with Crippen LogP contribution in [0.3, 0.4) is 0 Å². The van der Waals surface area contributed by atoms with Gasteiger partial charge in [-0.05, 0) is 25.5 Å². The lowest BCUT2D eigenvalue weighted by atomic mass is 10.1. The van der Waals surface area contributed by atoms with Crippen LogP contribution >= 0.6 is 0 Å². The SMILES string of the molecule is CC(=O)NCCN(C(C)=O)c1ccc(C)cc1C. The van der Waals surface area contributed by atoms with Crippen LogP contribution < -0.4 is 10.2 Å². The summed E-state index contributed by atoms with van der Waals surface area (Å²) in [5.41, 5.74) is 3.13. The van der Waals surface area contributed by atoms with Gasteiger partial charge in [0.15, 0.2) is 0 Å². The minimum atomic E-state index is -0.0841. The number of hydrogen-bond donors (Lipinski definition) is 1. The summed E-state index contributed by atoms with van der Waals surface area (Å²) >= 11 is 0. The molecule has 0 atom stereocenters. The molecule has 0 heterocycles. The summed E-state index contributed by atoms with van der Waals surface area (Å²) in [6.07, 6.45) is 0. The second-order valence-electron chi connectivity index (χ2n) is 4.44. The van der Waals surface area contributed by atoms with Crippen LogP contribution in [-0.2, 0) is 9.59 Å². The quantitative estimate of drug-likeness (QED) is 0.883. The number of carbonyl (C=O) groups excluding carboxylic acids is 2. The highest BCUT2D eigenvalue weighted by molar-refractivity contribution is 5.92. The minimum Gasteiger partial charge on any atom is -0.355 e. The van der Waals surface area contributed by atoms with Gasteiger partial charge >= 0.3 is 0 Å². The number of anilines is 1. The van der Waals surface area contributed by atoms with E-state index in [0.29, 0.717) is 13.1 Å². The first-order valence-electron chi connectivity index (χ1n) is 6.01. The fraction of sp³-hybridized carbons (Fsp3) is 0.429. The van der Waals surface area contributed by atoms with Crippen molar-refractivity contribution < 1.29 is 9.59 Å². The zero-order valence-corrected chi connectivity index (χ0v) is 11.4. The summed E-state index contributed by atoms with van der Waals surface area (Å²) in [5, 5.41) is 2.70. The Morgan fingerprint density at radius 2 is 1.89 bits per heavy atom. The molecule has 0 saturated carbocycles. The van der Waals surface area contributed by atoms with Crippen LogP contribution in [0.2, 0.25) is 0 Å². The van der Waals surface area contributed by atoms with Crippen molar-refractivity contribution in [2.45, 2.75) is 27.7 Å². The molecule has 0 aromatic heterocycles. The van der Waals surface area contributed by atoms with Crippen molar-refractivity contribution in [2.24, 2.45) is 0 Å². The summed E-state index contributed by atoms with van der Waals surface area (Å²) < 4.78 is 0. The second kappa shape index (κ2) is 6.19. The third-order valence-corrected chi connectivity index (χ3v) is 2.73. The van der Waals surface area contributed by atoms with E-state index in [1.165, 1.54) is 19.4 Å². The molecule has 0 bridgehead atoms. The zero-order valence-electron chi connectivity index (χ0n) is 11.4. The monoisotopic (exact) mass is 248 g/mol. The van der Waals surface area contributed by atoms with Gasteiger partial charge in [-0.25, -0.2) is 0 Å².